The quantitative estimate of drug-likeness (QED) is 0.328. The maximum absolute atomic E-state index is 11.3. The zero-order valence-electron chi connectivity index (χ0n) is 9.76. The van der Waals surface area contributed by atoms with Crippen molar-refractivity contribution in [3.8, 4) is 0 Å². The Kier molecular flexibility index (Phi) is 5.51. The van der Waals surface area contributed by atoms with Gasteiger partial charge in [0.25, 0.3) is 0 Å². The van der Waals surface area contributed by atoms with E-state index in [2.05, 4.69) is 16.5 Å². The van der Waals surface area contributed by atoms with Crippen molar-refractivity contribution in [2.45, 2.75) is 13.0 Å². The molecule has 0 aliphatic carbocycles. The Morgan fingerprint density at radius 3 is 2.71 bits per heavy atom. The lowest BCUT2D eigenvalue weighted by Crippen LogP contribution is -2.15. The molecule has 0 unspecified atom stereocenters. The molecule has 1 rings (SSSR count). The molecule has 17 heavy (non-hydrogen) atoms. The van der Waals surface area contributed by atoms with Crippen molar-refractivity contribution in [1.29, 1.82) is 0 Å². The molecule has 0 radical (unpaired) electrons. The van der Waals surface area contributed by atoms with E-state index in [1.54, 1.807) is 6.08 Å². The Hall–Kier alpha value is -2.10. The van der Waals surface area contributed by atoms with Gasteiger partial charge in [-0.05, 0) is 5.56 Å². The summed E-state index contributed by atoms with van der Waals surface area (Å²) in [5.74, 6) is -0.502. The summed E-state index contributed by atoms with van der Waals surface area (Å²) < 4.78 is 4.57. The monoisotopic (exact) mass is 233 g/mol. The highest BCUT2D eigenvalue weighted by molar-refractivity contribution is 6.36. The number of allylic oxidation sites excluding steroid dienone is 1. The third-order valence-electron chi connectivity index (χ3n) is 2.01. The van der Waals surface area contributed by atoms with Crippen LogP contribution in [0.15, 0.2) is 48.1 Å². The normalized spacial score (nSPS) is 10.8. The van der Waals surface area contributed by atoms with Gasteiger partial charge in [0.1, 0.15) is 6.61 Å². The average molecular weight is 233 g/mol. The summed E-state index contributed by atoms with van der Waals surface area (Å²) in [6.07, 6.45) is 1.89. The molecule has 1 aromatic carbocycles. The van der Waals surface area contributed by atoms with Crippen LogP contribution in [0.25, 0.3) is 0 Å². The number of hydrogen-bond donors (Lipinski definition) is 0. The molecule has 0 spiro atoms. The molecule has 0 aromatic heterocycles. The second-order valence-electron chi connectivity index (χ2n) is 3.28. The first-order chi connectivity index (χ1) is 8.27. The van der Waals surface area contributed by atoms with Crippen LogP contribution >= 0.6 is 0 Å². The van der Waals surface area contributed by atoms with Crippen LogP contribution in [-0.2, 0) is 21.0 Å². The number of nitrogens with zero attached hydrogens (tertiary/aromatic N) is 1. The Labute approximate surface area is 101 Å². The molecule has 0 atom stereocenters. The van der Waals surface area contributed by atoms with E-state index < -0.39 is 5.97 Å². The van der Waals surface area contributed by atoms with E-state index in [0.717, 1.165) is 5.56 Å². The fourth-order valence-electron chi connectivity index (χ4n) is 1.17. The third-order valence-corrected chi connectivity index (χ3v) is 2.01. The largest absolute Gasteiger partial charge is 0.464 e. The van der Waals surface area contributed by atoms with Crippen molar-refractivity contribution in [2.75, 3.05) is 7.11 Å². The van der Waals surface area contributed by atoms with Crippen molar-refractivity contribution < 1.29 is 14.4 Å². The standard InChI is InChI=1S/C13H15NO3/c1-3-7-12(13(15)16-2)14-17-10-11-8-5-4-6-9-11/h3-6,8-9H,1,7,10H2,2H3/b14-12-. The molecular formula is C13H15NO3. The van der Waals surface area contributed by atoms with Crippen LogP contribution in [0.5, 0.6) is 0 Å². The zero-order chi connectivity index (χ0) is 12.5. The minimum absolute atomic E-state index is 0.207. The van der Waals surface area contributed by atoms with E-state index in [9.17, 15) is 4.79 Å². The van der Waals surface area contributed by atoms with Crippen molar-refractivity contribution in [3.63, 3.8) is 0 Å². The summed E-state index contributed by atoms with van der Waals surface area (Å²) in [4.78, 5) is 16.4. The topological polar surface area (TPSA) is 47.9 Å². The van der Waals surface area contributed by atoms with Gasteiger partial charge < -0.3 is 9.57 Å². The smallest absolute Gasteiger partial charge is 0.356 e. The number of carbonyl (C=O) groups excluding carboxylic acids is 1. The van der Waals surface area contributed by atoms with Crippen LogP contribution in [0.3, 0.4) is 0 Å². The number of esters is 1. The van der Waals surface area contributed by atoms with Crippen molar-refractivity contribution in [2.24, 2.45) is 5.16 Å². The number of benzene rings is 1. The number of rotatable bonds is 6. The summed E-state index contributed by atoms with van der Waals surface area (Å²) in [5, 5.41) is 3.75. The van der Waals surface area contributed by atoms with E-state index in [-0.39, 0.29) is 5.71 Å². The highest BCUT2D eigenvalue weighted by Gasteiger charge is 2.10. The van der Waals surface area contributed by atoms with Crippen LogP contribution in [0, 0.1) is 0 Å². The van der Waals surface area contributed by atoms with E-state index in [1.807, 2.05) is 30.3 Å². The molecule has 0 aliphatic heterocycles. The number of carbonyl (C=O) groups is 1. The van der Waals surface area contributed by atoms with E-state index in [4.69, 9.17) is 4.84 Å². The fraction of sp³-hybridized carbons (Fsp3) is 0.231. The first kappa shape index (κ1) is 13.0. The van der Waals surface area contributed by atoms with Gasteiger partial charge in [0, 0.05) is 6.42 Å². The van der Waals surface area contributed by atoms with Crippen molar-refractivity contribution >= 4 is 11.7 Å². The minimum Gasteiger partial charge on any atom is -0.464 e. The molecule has 0 saturated carbocycles. The van der Waals surface area contributed by atoms with E-state index in [1.165, 1.54) is 7.11 Å². The molecule has 4 nitrogen and oxygen atoms in total. The SMILES string of the molecule is C=CC/C(=N/OCc1ccccc1)C(=O)OC. The first-order valence-corrected chi connectivity index (χ1v) is 5.20. The second-order valence-corrected chi connectivity index (χ2v) is 3.28. The second kappa shape index (κ2) is 7.22. The van der Waals surface area contributed by atoms with Gasteiger partial charge in [-0.25, -0.2) is 4.79 Å². The fourth-order valence-corrected chi connectivity index (χ4v) is 1.17. The molecule has 0 bridgehead atoms. The highest BCUT2D eigenvalue weighted by Crippen LogP contribution is 2.02. The van der Waals surface area contributed by atoms with Crippen LogP contribution in [0.4, 0.5) is 0 Å². The maximum Gasteiger partial charge on any atom is 0.356 e. The minimum atomic E-state index is -0.502. The number of hydrogen-bond acceptors (Lipinski definition) is 4. The molecule has 90 valence electrons. The molecular weight excluding hydrogens is 218 g/mol. The van der Waals surface area contributed by atoms with Gasteiger partial charge in [-0.1, -0.05) is 41.6 Å². The molecule has 4 heteroatoms. The Morgan fingerprint density at radius 1 is 1.41 bits per heavy atom. The maximum atomic E-state index is 11.3. The lowest BCUT2D eigenvalue weighted by Gasteiger charge is -2.03. The van der Waals surface area contributed by atoms with Crippen LogP contribution in [-0.4, -0.2) is 18.8 Å². The molecule has 0 heterocycles. The first-order valence-electron chi connectivity index (χ1n) is 5.20. The lowest BCUT2D eigenvalue weighted by molar-refractivity contribution is -0.133. The predicted octanol–water partition coefficient (Wildman–Crippen LogP) is 2.31. The van der Waals surface area contributed by atoms with Gasteiger partial charge in [0.15, 0.2) is 5.71 Å². The highest BCUT2D eigenvalue weighted by atomic mass is 16.6. The summed E-state index contributed by atoms with van der Waals surface area (Å²) in [7, 11) is 1.30. The average Bonchev–Trinajstić information content (AvgIpc) is 2.38. The van der Waals surface area contributed by atoms with Gasteiger partial charge >= 0.3 is 5.97 Å². The van der Waals surface area contributed by atoms with Crippen molar-refractivity contribution in [1.82, 2.24) is 0 Å². The summed E-state index contributed by atoms with van der Waals surface area (Å²) in [6.45, 7) is 3.86. The van der Waals surface area contributed by atoms with Gasteiger partial charge in [-0.2, -0.15) is 0 Å². The van der Waals surface area contributed by atoms with Crippen LogP contribution in [0.1, 0.15) is 12.0 Å². The molecule has 0 amide bonds. The van der Waals surface area contributed by atoms with E-state index >= 15 is 0 Å². The molecule has 0 saturated heterocycles. The van der Waals surface area contributed by atoms with Gasteiger partial charge in [-0.15, -0.1) is 6.58 Å². The van der Waals surface area contributed by atoms with Gasteiger partial charge in [0.05, 0.1) is 7.11 Å². The third kappa shape index (κ3) is 4.51. The van der Waals surface area contributed by atoms with Crippen molar-refractivity contribution in [3.05, 3.63) is 48.6 Å². The zero-order valence-corrected chi connectivity index (χ0v) is 9.76. The van der Waals surface area contributed by atoms with Crippen LogP contribution < -0.4 is 0 Å². The van der Waals surface area contributed by atoms with Gasteiger partial charge in [0.2, 0.25) is 0 Å². The molecule has 1 aromatic rings. The molecule has 0 N–H and O–H groups in total. The number of methoxy groups -OCH3 is 1. The summed E-state index contributed by atoms with van der Waals surface area (Å²) in [6, 6.07) is 9.58. The number of oxime groups is 1. The molecule has 0 aliphatic rings. The predicted molar refractivity (Wildman–Crippen MR) is 65.5 cm³/mol. The number of ether oxygens (including phenoxy) is 1. The van der Waals surface area contributed by atoms with E-state index in [0.29, 0.717) is 13.0 Å². The Bertz CT molecular complexity index is 398. The summed E-state index contributed by atoms with van der Waals surface area (Å²) in [5.41, 5.74) is 1.19. The molecule has 0 fully saturated rings. The van der Waals surface area contributed by atoms with Crippen LogP contribution in [0.2, 0.25) is 0 Å². The summed E-state index contributed by atoms with van der Waals surface area (Å²) >= 11 is 0. The Morgan fingerprint density at radius 2 is 2.12 bits per heavy atom. The Balaban J connectivity index is 2.55. The van der Waals surface area contributed by atoms with Gasteiger partial charge in [-0.3, -0.25) is 0 Å². The lowest BCUT2D eigenvalue weighted by atomic mass is 10.2.